The first-order valence-corrected chi connectivity index (χ1v) is 11.0. The van der Waals surface area contributed by atoms with Crippen LogP contribution in [0.15, 0.2) is 57.9 Å². The van der Waals surface area contributed by atoms with E-state index in [9.17, 15) is 18.5 Å². The molecule has 1 aliphatic heterocycles. The van der Waals surface area contributed by atoms with Crippen molar-refractivity contribution in [3.63, 3.8) is 0 Å². The molecule has 1 atom stereocenters. The van der Waals surface area contributed by atoms with Crippen molar-refractivity contribution in [2.24, 2.45) is 0 Å². The van der Waals surface area contributed by atoms with Gasteiger partial charge in [-0.1, -0.05) is 17.3 Å². The predicted molar refractivity (Wildman–Crippen MR) is 110 cm³/mol. The van der Waals surface area contributed by atoms with Crippen molar-refractivity contribution in [2.75, 3.05) is 20.2 Å². The van der Waals surface area contributed by atoms with Crippen LogP contribution in [-0.2, 0) is 10.0 Å². The molecule has 162 valence electrons. The predicted octanol–water partition coefficient (Wildman–Crippen LogP) is 3.22. The summed E-state index contributed by atoms with van der Waals surface area (Å²) in [5.41, 5.74) is 0.576. The first-order valence-electron chi connectivity index (χ1n) is 9.61. The summed E-state index contributed by atoms with van der Waals surface area (Å²) in [6, 6.07) is 12.1. The van der Waals surface area contributed by atoms with Crippen LogP contribution in [0.2, 0.25) is 0 Å². The van der Waals surface area contributed by atoms with Crippen molar-refractivity contribution in [3.8, 4) is 17.1 Å². The van der Waals surface area contributed by atoms with Crippen molar-refractivity contribution in [2.45, 2.75) is 23.7 Å². The second-order valence-corrected chi connectivity index (χ2v) is 9.08. The van der Waals surface area contributed by atoms with Gasteiger partial charge in [-0.2, -0.15) is 9.29 Å². The number of nitro benzene ring substituents is 1. The number of hydrogen-bond acceptors (Lipinski definition) is 8. The topological polar surface area (TPSA) is 129 Å². The van der Waals surface area contributed by atoms with Crippen LogP contribution in [0.1, 0.15) is 24.7 Å². The number of rotatable bonds is 6. The van der Waals surface area contributed by atoms with Crippen LogP contribution in [0.4, 0.5) is 5.69 Å². The smallest absolute Gasteiger partial charge is 0.269 e. The summed E-state index contributed by atoms with van der Waals surface area (Å²) in [5, 5.41) is 14.9. The largest absolute Gasteiger partial charge is 0.497 e. The van der Waals surface area contributed by atoms with Crippen molar-refractivity contribution in [1.29, 1.82) is 0 Å². The highest BCUT2D eigenvalue weighted by Crippen LogP contribution is 2.31. The zero-order chi connectivity index (χ0) is 22.0. The van der Waals surface area contributed by atoms with Crippen LogP contribution in [0, 0.1) is 10.1 Å². The van der Waals surface area contributed by atoms with Crippen molar-refractivity contribution < 1.29 is 22.6 Å². The van der Waals surface area contributed by atoms with Crippen molar-refractivity contribution in [1.82, 2.24) is 14.4 Å². The molecule has 11 heteroatoms. The van der Waals surface area contributed by atoms with Crippen molar-refractivity contribution in [3.05, 3.63) is 64.5 Å². The Morgan fingerprint density at radius 3 is 2.71 bits per heavy atom. The Labute approximate surface area is 178 Å². The van der Waals surface area contributed by atoms with Crippen LogP contribution in [0.3, 0.4) is 0 Å². The van der Waals surface area contributed by atoms with E-state index in [4.69, 9.17) is 9.26 Å². The molecule has 1 fully saturated rings. The Balaban J connectivity index is 1.53. The third-order valence-corrected chi connectivity index (χ3v) is 7.07. The van der Waals surface area contributed by atoms with Crippen LogP contribution in [0.5, 0.6) is 5.75 Å². The molecule has 4 rings (SSSR count). The van der Waals surface area contributed by atoms with E-state index in [0.717, 1.165) is 5.56 Å². The number of hydrogen-bond donors (Lipinski definition) is 0. The Kier molecular flexibility index (Phi) is 5.70. The number of sulfonamides is 1. The van der Waals surface area contributed by atoms with Gasteiger partial charge in [0.25, 0.3) is 5.69 Å². The standard InChI is InChI=1S/C20H20N4O6S/c1-29-17-6-2-4-14(12-17)19-21-20(30-22-19)15-5-3-11-23(13-15)31(27,28)18-9-7-16(8-10-18)24(25)26/h2,4,6-10,12,15H,3,5,11,13H2,1H3/t15-/m1/s1. The second kappa shape index (κ2) is 8.44. The summed E-state index contributed by atoms with van der Waals surface area (Å²) in [6.45, 7) is 0.547. The van der Waals surface area contributed by atoms with Crippen LogP contribution >= 0.6 is 0 Å². The van der Waals surface area contributed by atoms with Gasteiger partial charge in [-0.05, 0) is 37.1 Å². The number of benzene rings is 2. The van der Waals surface area contributed by atoms with Crippen LogP contribution in [-0.4, -0.2) is 48.0 Å². The third-order valence-electron chi connectivity index (χ3n) is 5.19. The minimum atomic E-state index is -3.80. The molecule has 3 aromatic rings. The number of methoxy groups -OCH3 is 1. The van der Waals surface area contributed by atoms with Gasteiger partial charge in [0.1, 0.15) is 5.75 Å². The zero-order valence-electron chi connectivity index (χ0n) is 16.7. The highest BCUT2D eigenvalue weighted by Gasteiger charge is 2.33. The Bertz CT molecular complexity index is 1190. The van der Waals surface area contributed by atoms with E-state index in [2.05, 4.69) is 10.1 Å². The number of nitro groups is 1. The molecular formula is C20H20N4O6S. The second-order valence-electron chi connectivity index (χ2n) is 7.14. The molecule has 31 heavy (non-hydrogen) atoms. The molecule has 1 aromatic heterocycles. The van der Waals surface area contributed by atoms with Gasteiger partial charge in [0.05, 0.1) is 22.8 Å². The molecule has 0 N–H and O–H groups in total. The summed E-state index contributed by atoms with van der Waals surface area (Å²) in [6.07, 6.45) is 1.35. The summed E-state index contributed by atoms with van der Waals surface area (Å²) in [7, 11) is -2.22. The summed E-state index contributed by atoms with van der Waals surface area (Å²) in [5.74, 6) is 1.21. The highest BCUT2D eigenvalue weighted by molar-refractivity contribution is 7.89. The average Bonchev–Trinajstić information content (AvgIpc) is 3.30. The van der Waals surface area contributed by atoms with Crippen LogP contribution in [0.25, 0.3) is 11.4 Å². The molecule has 0 aliphatic carbocycles. The maximum atomic E-state index is 13.0. The first kappa shape index (κ1) is 20.9. The molecule has 0 spiro atoms. The molecule has 0 bridgehead atoms. The number of non-ortho nitro benzene ring substituents is 1. The van der Waals surface area contributed by atoms with Gasteiger partial charge in [-0.15, -0.1) is 0 Å². The normalized spacial score (nSPS) is 17.4. The van der Waals surface area contributed by atoms with Gasteiger partial charge >= 0.3 is 0 Å². The summed E-state index contributed by atoms with van der Waals surface area (Å²) < 4.78 is 38.1. The highest BCUT2D eigenvalue weighted by atomic mass is 32.2. The van der Waals surface area contributed by atoms with E-state index >= 15 is 0 Å². The first-order chi connectivity index (χ1) is 14.9. The monoisotopic (exact) mass is 444 g/mol. The fraction of sp³-hybridized carbons (Fsp3) is 0.300. The Morgan fingerprint density at radius 2 is 2.00 bits per heavy atom. The van der Waals surface area contributed by atoms with E-state index in [0.29, 0.717) is 36.9 Å². The maximum Gasteiger partial charge on any atom is 0.269 e. The average molecular weight is 444 g/mol. The number of ether oxygens (including phenoxy) is 1. The minimum Gasteiger partial charge on any atom is -0.497 e. The quantitative estimate of drug-likeness (QED) is 0.419. The van der Waals surface area contributed by atoms with Crippen molar-refractivity contribution >= 4 is 15.7 Å². The fourth-order valence-corrected chi connectivity index (χ4v) is 5.06. The van der Waals surface area contributed by atoms with Gasteiger partial charge in [0.2, 0.25) is 21.7 Å². The third kappa shape index (κ3) is 4.28. The molecule has 2 heterocycles. The van der Waals surface area contributed by atoms with E-state index in [1.807, 2.05) is 18.2 Å². The number of piperidine rings is 1. The van der Waals surface area contributed by atoms with E-state index in [1.54, 1.807) is 13.2 Å². The summed E-state index contributed by atoms with van der Waals surface area (Å²) >= 11 is 0. The molecule has 1 aliphatic rings. The van der Waals surface area contributed by atoms with Gasteiger partial charge in [-0.3, -0.25) is 10.1 Å². The summed E-state index contributed by atoms with van der Waals surface area (Å²) in [4.78, 5) is 14.7. The zero-order valence-corrected chi connectivity index (χ0v) is 17.5. The Morgan fingerprint density at radius 1 is 1.23 bits per heavy atom. The minimum absolute atomic E-state index is 0.0151. The van der Waals surface area contributed by atoms with Gasteiger partial charge in [0.15, 0.2) is 0 Å². The molecule has 10 nitrogen and oxygen atoms in total. The molecule has 0 amide bonds. The lowest BCUT2D eigenvalue weighted by molar-refractivity contribution is -0.384. The SMILES string of the molecule is COc1cccc(-c2noc([C@@H]3CCCN(S(=O)(=O)c4ccc([N+](=O)[O-])cc4)C3)n2)c1. The van der Waals surface area contributed by atoms with E-state index in [-0.39, 0.29) is 23.0 Å². The lowest BCUT2D eigenvalue weighted by Crippen LogP contribution is -2.39. The molecular weight excluding hydrogens is 424 g/mol. The lowest BCUT2D eigenvalue weighted by atomic mass is 10.00. The lowest BCUT2D eigenvalue weighted by Gasteiger charge is -2.30. The van der Waals surface area contributed by atoms with E-state index in [1.165, 1.54) is 28.6 Å². The molecule has 0 radical (unpaired) electrons. The number of nitrogens with zero attached hydrogens (tertiary/aromatic N) is 4. The molecule has 1 saturated heterocycles. The Hall–Kier alpha value is -3.31. The van der Waals surface area contributed by atoms with Gasteiger partial charge in [-0.25, -0.2) is 8.42 Å². The molecule has 2 aromatic carbocycles. The maximum absolute atomic E-state index is 13.0. The molecule has 0 unspecified atom stereocenters. The fourth-order valence-electron chi connectivity index (χ4n) is 3.53. The van der Waals surface area contributed by atoms with Gasteiger partial charge in [0, 0.05) is 30.8 Å². The molecule has 0 saturated carbocycles. The van der Waals surface area contributed by atoms with Crippen LogP contribution < -0.4 is 4.74 Å². The number of aromatic nitrogens is 2. The van der Waals surface area contributed by atoms with Gasteiger partial charge < -0.3 is 9.26 Å². The van der Waals surface area contributed by atoms with E-state index < -0.39 is 14.9 Å².